The molecule has 0 spiro atoms. The van der Waals surface area contributed by atoms with E-state index < -0.39 is 10.0 Å². The first-order chi connectivity index (χ1) is 14.1. The highest BCUT2D eigenvalue weighted by atomic mass is 35.5. The fourth-order valence-corrected chi connectivity index (χ4v) is 5.74. The molecule has 31 heavy (non-hydrogen) atoms. The van der Waals surface area contributed by atoms with E-state index in [1.807, 2.05) is 20.8 Å². The van der Waals surface area contributed by atoms with Crippen LogP contribution in [0.25, 0.3) is 0 Å². The lowest BCUT2D eigenvalue weighted by Gasteiger charge is -2.36. The maximum atomic E-state index is 13.7. The molecule has 0 saturated carbocycles. The highest BCUT2D eigenvalue weighted by molar-refractivity contribution is 7.89. The van der Waals surface area contributed by atoms with Crippen molar-refractivity contribution in [2.75, 3.05) is 26.2 Å². The number of sulfonamides is 1. The van der Waals surface area contributed by atoms with Crippen LogP contribution in [0, 0.1) is 20.8 Å². The second-order valence-electron chi connectivity index (χ2n) is 8.73. The van der Waals surface area contributed by atoms with Crippen molar-refractivity contribution in [3.8, 4) is 5.75 Å². The van der Waals surface area contributed by atoms with Gasteiger partial charge >= 0.3 is 0 Å². The van der Waals surface area contributed by atoms with E-state index in [-0.39, 0.29) is 24.6 Å². The van der Waals surface area contributed by atoms with Gasteiger partial charge in [0.2, 0.25) is 0 Å². The fraction of sp³-hybridized carbons (Fsp3) is 0.727. The molecule has 0 atom stereocenters. The molecule has 1 aromatic carbocycles. The summed E-state index contributed by atoms with van der Waals surface area (Å²) in [6.07, 6.45) is 4.64. The fourth-order valence-electron chi connectivity index (χ4n) is 3.90. The van der Waals surface area contributed by atoms with Crippen LogP contribution in [0.15, 0.2) is 4.90 Å². The SMILES string of the molecule is Cc1c(C)c(S(=O)(=O)N(CCCCCN)OCCCN)c(C)c2c1OC(C)(C)CC2.Cl. The number of halogens is 1. The van der Waals surface area contributed by atoms with E-state index in [0.717, 1.165) is 58.2 Å². The predicted molar refractivity (Wildman–Crippen MR) is 127 cm³/mol. The summed E-state index contributed by atoms with van der Waals surface area (Å²) >= 11 is 0. The van der Waals surface area contributed by atoms with Gasteiger partial charge in [-0.3, -0.25) is 4.84 Å². The summed E-state index contributed by atoms with van der Waals surface area (Å²) in [6.45, 7) is 11.4. The molecule has 0 aliphatic carbocycles. The molecule has 1 aliphatic heterocycles. The van der Waals surface area contributed by atoms with Crippen molar-refractivity contribution >= 4 is 22.4 Å². The minimum absolute atomic E-state index is 0. The highest BCUT2D eigenvalue weighted by Crippen LogP contribution is 2.42. The minimum Gasteiger partial charge on any atom is -0.487 e. The standard InChI is InChI=1S/C22H39N3O4S.ClH/c1-16-17(2)21(18(3)19-10-11-22(4,5)29-20(16)19)30(26,27)25(28-15-9-13-24)14-8-6-7-12-23;/h6-15,23-24H2,1-5H3;1H. The first-order valence-corrected chi connectivity index (χ1v) is 12.4. The number of benzene rings is 1. The molecule has 0 amide bonds. The van der Waals surface area contributed by atoms with Crippen molar-refractivity contribution in [3.63, 3.8) is 0 Å². The second kappa shape index (κ2) is 11.8. The van der Waals surface area contributed by atoms with Crippen LogP contribution in [0.1, 0.15) is 68.2 Å². The number of hydroxylamine groups is 1. The van der Waals surface area contributed by atoms with Crippen molar-refractivity contribution in [2.24, 2.45) is 11.5 Å². The lowest BCUT2D eigenvalue weighted by molar-refractivity contribution is -0.0853. The van der Waals surface area contributed by atoms with Crippen LogP contribution in [-0.4, -0.2) is 44.7 Å². The molecule has 0 aromatic heterocycles. The minimum atomic E-state index is -3.83. The number of fused-ring (bicyclic) bond motifs is 1. The zero-order chi connectivity index (χ0) is 22.5. The number of rotatable bonds is 11. The lowest BCUT2D eigenvalue weighted by atomic mass is 9.88. The van der Waals surface area contributed by atoms with Crippen LogP contribution in [0.3, 0.4) is 0 Å². The number of ether oxygens (including phenoxy) is 1. The topological polar surface area (TPSA) is 108 Å². The summed E-state index contributed by atoms with van der Waals surface area (Å²) in [5.41, 5.74) is 14.2. The van der Waals surface area contributed by atoms with Crippen LogP contribution < -0.4 is 16.2 Å². The molecular weight excluding hydrogens is 438 g/mol. The van der Waals surface area contributed by atoms with Gasteiger partial charge in [-0.1, -0.05) is 10.9 Å². The molecule has 1 heterocycles. The van der Waals surface area contributed by atoms with Gasteiger partial charge in [-0.15, -0.1) is 12.4 Å². The predicted octanol–water partition coefficient (Wildman–Crippen LogP) is 3.54. The van der Waals surface area contributed by atoms with E-state index in [0.29, 0.717) is 37.4 Å². The van der Waals surface area contributed by atoms with Gasteiger partial charge in [-0.25, -0.2) is 8.42 Å². The molecule has 0 unspecified atom stereocenters. The Balaban J connectivity index is 0.00000480. The first kappa shape index (κ1) is 28.1. The lowest BCUT2D eigenvalue weighted by Crippen LogP contribution is -2.36. The van der Waals surface area contributed by atoms with Crippen molar-refractivity contribution in [1.82, 2.24) is 4.47 Å². The van der Waals surface area contributed by atoms with E-state index in [2.05, 4.69) is 13.8 Å². The van der Waals surface area contributed by atoms with Crippen molar-refractivity contribution in [1.29, 1.82) is 0 Å². The number of nitrogens with zero attached hydrogens (tertiary/aromatic N) is 1. The average Bonchev–Trinajstić information content (AvgIpc) is 2.67. The van der Waals surface area contributed by atoms with Gasteiger partial charge in [-0.05, 0) is 102 Å². The molecule has 1 aromatic rings. The molecule has 2 rings (SSSR count). The Morgan fingerprint density at radius 2 is 1.65 bits per heavy atom. The molecule has 1 aliphatic rings. The van der Waals surface area contributed by atoms with Gasteiger partial charge in [0.05, 0.1) is 11.5 Å². The van der Waals surface area contributed by atoms with Gasteiger partial charge in [0, 0.05) is 6.54 Å². The van der Waals surface area contributed by atoms with E-state index in [4.69, 9.17) is 21.0 Å². The smallest absolute Gasteiger partial charge is 0.265 e. The monoisotopic (exact) mass is 477 g/mol. The first-order valence-electron chi connectivity index (χ1n) is 10.9. The van der Waals surface area contributed by atoms with E-state index in [1.165, 1.54) is 0 Å². The Morgan fingerprint density at radius 1 is 1.00 bits per heavy atom. The molecular formula is C22H40ClN3O4S. The van der Waals surface area contributed by atoms with Gasteiger partial charge in [0.1, 0.15) is 11.4 Å². The summed E-state index contributed by atoms with van der Waals surface area (Å²) in [5, 5.41) is 0. The van der Waals surface area contributed by atoms with E-state index in [9.17, 15) is 8.42 Å². The Hall–Kier alpha value is -0.900. The number of hydrogen-bond acceptors (Lipinski definition) is 6. The van der Waals surface area contributed by atoms with Crippen LogP contribution in [0.2, 0.25) is 0 Å². The highest BCUT2D eigenvalue weighted by Gasteiger charge is 2.36. The normalized spacial score (nSPS) is 15.4. The molecule has 4 N–H and O–H groups in total. The van der Waals surface area contributed by atoms with Crippen LogP contribution in [0.5, 0.6) is 5.75 Å². The van der Waals surface area contributed by atoms with Crippen molar-refractivity contribution in [3.05, 3.63) is 22.3 Å². The van der Waals surface area contributed by atoms with Crippen LogP contribution >= 0.6 is 12.4 Å². The van der Waals surface area contributed by atoms with Crippen molar-refractivity contribution in [2.45, 2.75) is 83.6 Å². The van der Waals surface area contributed by atoms with Crippen LogP contribution in [0.4, 0.5) is 0 Å². The average molecular weight is 478 g/mol. The molecule has 0 bridgehead atoms. The van der Waals surface area contributed by atoms with Gasteiger partial charge < -0.3 is 16.2 Å². The Morgan fingerprint density at radius 3 is 2.26 bits per heavy atom. The van der Waals surface area contributed by atoms with Gasteiger partial charge in [0.25, 0.3) is 10.0 Å². The summed E-state index contributed by atoms with van der Waals surface area (Å²) in [4.78, 5) is 6.05. The van der Waals surface area contributed by atoms with Crippen LogP contribution in [-0.2, 0) is 21.3 Å². The third kappa shape index (κ3) is 6.55. The zero-order valence-corrected chi connectivity index (χ0v) is 21.3. The molecule has 9 heteroatoms. The largest absolute Gasteiger partial charge is 0.487 e. The second-order valence-corrected chi connectivity index (χ2v) is 10.5. The Labute approximate surface area is 194 Å². The Kier molecular flexibility index (Phi) is 10.7. The summed E-state index contributed by atoms with van der Waals surface area (Å²) in [5.74, 6) is 0.832. The molecule has 7 nitrogen and oxygen atoms in total. The van der Waals surface area contributed by atoms with E-state index >= 15 is 0 Å². The van der Waals surface area contributed by atoms with Gasteiger partial charge in [-0.2, -0.15) is 0 Å². The maximum Gasteiger partial charge on any atom is 0.265 e. The molecule has 0 fully saturated rings. The molecule has 180 valence electrons. The van der Waals surface area contributed by atoms with Crippen molar-refractivity contribution < 1.29 is 18.0 Å². The number of hydrogen-bond donors (Lipinski definition) is 2. The quantitative estimate of drug-likeness (QED) is 0.372. The molecule has 0 saturated heterocycles. The number of unbranched alkanes of at least 4 members (excludes halogenated alkanes) is 2. The third-order valence-corrected chi connectivity index (χ3v) is 7.77. The van der Waals surface area contributed by atoms with E-state index in [1.54, 1.807) is 0 Å². The zero-order valence-electron chi connectivity index (χ0n) is 19.6. The molecule has 0 radical (unpaired) electrons. The van der Waals surface area contributed by atoms with Gasteiger partial charge in [0.15, 0.2) is 0 Å². The summed E-state index contributed by atoms with van der Waals surface area (Å²) < 4.78 is 34.8. The number of nitrogens with two attached hydrogens (primary N) is 2. The maximum absolute atomic E-state index is 13.7. The summed E-state index contributed by atoms with van der Waals surface area (Å²) in [7, 11) is -3.83. The Bertz CT molecular complexity index is 844. The third-order valence-electron chi connectivity index (χ3n) is 5.82. The summed E-state index contributed by atoms with van der Waals surface area (Å²) in [6, 6.07) is 0.